The zero-order chi connectivity index (χ0) is 11.5. The summed E-state index contributed by atoms with van der Waals surface area (Å²) in [5.74, 6) is -1.63. The van der Waals surface area contributed by atoms with Crippen LogP contribution in [0.2, 0.25) is 0 Å². The van der Waals surface area contributed by atoms with Crippen molar-refractivity contribution in [2.75, 3.05) is 11.5 Å². The molecule has 1 rings (SSSR count). The first kappa shape index (κ1) is 12.0. The molecule has 1 aliphatic rings. The van der Waals surface area contributed by atoms with E-state index < -0.39 is 28.1 Å². The fourth-order valence-electron chi connectivity index (χ4n) is 1.45. The van der Waals surface area contributed by atoms with Crippen LogP contribution in [-0.4, -0.2) is 42.9 Å². The molecule has 1 fully saturated rings. The molecule has 0 radical (unpaired) electrons. The van der Waals surface area contributed by atoms with Gasteiger partial charge in [-0.2, -0.15) is 0 Å². The van der Waals surface area contributed by atoms with Gasteiger partial charge < -0.3 is 10.4 Å². The molecular formula is C8H13NO5S. The van der Waals surface area contributed by atoms with Gasteiger partial charge >= 0.3 is 5.97 Å². The maximum Gasteiger partial charge on any atom is 0.312 e. The third-order valence-electron chi connectivity index (χ3n) is 2.23. The molecule has 7 heteroatoms. The Morgan fingerprint density at radius 2 is 1.80 bits per heavy atom. The Morgan fingerprint density at radius 1 is 1.27 bits per heavy atom. The van der Waals surface area contributed by atoms with Crippen molar-refractivity contribution in [3.63, 3.8) is 0 Å². The second-order valence-corrected chi connectivity index (χ2v) is 5.87. The Bertz CT molecular complexity index is 347. The number of sulfone groups is 1. The standard InChI is InChI=1S/C8H13NO5S/c10-7(5-8(11)12)9-6-1-3-15(13,14)4-2-6/h6H,1-5H2,(H,9,10)(H,11,12). The lowest BCUT2D eigenvalue weighted by Gasteiger charge is -2.22. The van der Waals surface area contributed by atoms with Crippen molar-refractivity contribution in [3.05, 3.63) is 0 Å². The number of carbonyl (C=O) groups is 2. The van der Waals surface area contributed by atoms with Crippen molar-refractivity contribution < 1.29 is 23.1 Å². The van der Waals surface area contributed by atoms with Crippen molar-refractivity contribution in [2.45, 2.75) is 25.3 Å². The summed E-state index contributed by atoms with van der Waals surface area (Å²) in [5, 5.41) is 10.8. The van der Waals surface area contributed by atoms with Gasteiger partial charge in [0, 0.05) is 6.04 Å². The van der Waals surface area contributed by atoms with Crippen LogP contribution in [0.1, 0.15) is 19.3 Å². The van der Waals surface area contributed by atoms with E-state index in [1.807, 2.05) is 0 Å². The number of carboxylic acids is 1. The van der Waals surface area contributed by atoms with Crippen molar-refractivity contribution in [1.29, 1.82) is 0 Å². The van der Waals surface area contributed by atoms with Gasteiger partial charge in [-0.1, -0.05) is 0 Å². The van der Waals surface area contributed by atoms with Crippen LogP contribution in [-0.2, 0) is 19.4 Å². The van der Waals surface area contributed by atoms with Crippen molar-refractivity contribution in [1.82, 2.24) is 5.32 Å². The topological polar surface area (TPSA) is 101 Å². The summed E-state index contributed by atoms with van der Waals surface area (Å²) in [6.07, 6.45) is 0.171. The number of carbonyl (C=O) groups excluding carboxylic acids is 1. The SMILES string of the molecule is O=C(O)CC(=O)NC1CCS(=O)(=O)CC1. The molecule has 86 valence electrons. The van der Waals surface area contributed by atoms with Gasteiger partial charge in [-0.05, 0) is 12.8 Å². The van der Waals surface area contributed by atoms with Crippen LogP contribution in [0.15, 0.2) is 0 Å². The van der Waals surface area contributed by atoms with Crippen LogP contribution in [0.5, 0.6) is 0 Å². The fourth-order valence-corrected chi connectivity index (χ4v) is 2.94. The molecule has 6 nitrogen and oxygen atoms in total. The number of amides is 1. The summed E-state index contributed by atoms with van der Waals surface area (Å²) in [6.45, 7) is 0. The highest BCUT2D eigenvalue weighted by atomic mass is 32.2. The second kappa shape index (κ2) is 4.61. The zero-order valence-electron chi connectivity index (χ0n) is 8.10. The molecule has 2 N–H and O–H groups in total. The lowest BCUT2D eigenvalue weighted by Crippen LogP contribution is -2.41. The van der Waals surface area contributed by atoms with Gasteiger partial charge in [0.05, 0.1) is 11.5 Å². The van der Waals surface area contributed by atoms with Gasteiger partial charge in [-0.15, -0.1) is 0 Å². The van der Waals surface area contributed by atoms with Crippen LogP contribution in [0.4, 0.5) is 0 Å². The molecule has 0 atom stereocenters. The van der Waals surface area contributed by atoms with Crippen LogP contribution in [0, 0.1) is 0 Å². The largest absolute Gasteiger partial charge is 0.481 e. The Morgan fingerprint density at radius 3 is 2.27 bits per heavy atom. The van der Waals surface area contributed by atoms with Gasteiger partial charge in [0.15, 0.2) is 0 Å². The first-order valence-corrected chi connectivity index (χ1v) is 6.43. The lowest BCUT2D eigenvalue weighted by molar-refractivity contribution is -0.140. The number of carboxylic acid groups (broad SMARTS) is 1. The van der Waals surface area contributed by atoms with E-state index in [9.17, 15) is 18.0 Å². The smallest absolute Gasteiger partial charge is 0.312 e. The predicted molar refractivity (Wildman–Crippen MR) is 52.1 cm³/mol. The number of hydrogen-bond donors (Lipinski definition) is 2. The third-order valence-corrected chi connectivity index (χ3v) is 3.95. The monoisotopic (exact) mass is 235 g/mol. The molecule has 15 heavy (non-hydrogen) atoms. The van der Waals surface area contributed by atoms with Crippen molar-refractivity contribution in [3.8, 4) is 0 Å². The first-order valence-electron chi connectivity index (χ1n) is 4.60. The maximum atomic E-state index is 11.1. The highest BCUT2D eigenvalue weighted by Gasteiger charge is 2.24. The molecule has 1 amide bonds. The van der Waals surface area contributed by atoms with Gasteiger partial charge in [0.1, 0.15) is 16.3 Å². The quantitative estimate of drug-likeness (QED) is 0.621. The Kier molecular flexibility index (Phi) is 3.67. The van der Waals surface area contributed by atoms with E-state index >= 15 is 0 Å². The minimum atomic E-state index is -2.94. The third kappa shape index (κ3) is 4.28. The highest BCUT2D eigenvalue weighted by molar-refractivity contribution is 7.91. The average molecular weight is 235 g/mol. The molecule has 1 heterocycles. The molecule has 0 saturated carbocycles. The van der Waals surface area contributed by atoms with E-state index in [1.165, 1.54) is 0 Å². The van der Waals surface area contributed by atoms with Crippen LogP contribution < -0.4 is 5.32 Å². The maximum absolute atomic E-state index is 11.1. The highest BCUT2D eigenvalue weighted by Crippen LogP contribution is 2.12. The summed E-state index contributed by atoms with van der Waals surface area (Å²) in [6, 6.07) is -0.208. The molecule has 0 aliphatic carbocycles. The van der Waals surface area contributed by atoms with Crippen molar-refractivity contribution in [2.24, 2.45) is 0 Å². The Hall–Kier alpha value is -1.11. The Balaban J connectivity index is 2.36. The van der Waals surface area contributed by atoms with E-state index in [0.717, 1.165) is 0 Å². The van der Waals surface area contributed by atoms with E-state index in [-0.39, 0.29) is 17.5 Å². The van der Waals surface area contributed by atoms with Gasteiger partial charge in [0.2, 0.25) is 5.91 Å². The molecule has 1 saturated heterocycles. The average Bonchev–Trinajstić information content (AvgIpc) is 2.07. The zero-order valence-corrected chi connectivity index (χ0v) is 8.92. The normalized spacial score (nSPS) is 20.8. The molecule has 0 bridgehead atoms. The summed E-state index contributed by atoms with van der Waals surface area (Å²) >= 11 is 0. The minimum absolute atomic E-state index is 0.0605. The number of nitrogens with one attached hydrogen (secondary N) is 1. The first-order chi connectivity index (χ1) is 6.89. The van der Waals surface area contributed by atoms with Gasteiger partial charge in [0.25, 0.3) is 0 Å². The van der Waals surface area contributed by atoms with E-state index in [4.69, 9.17) is 5.11 Å². The summed E-state index contributed by atoms with van der Waals surface area (Å²) in [5.41, 5.74) is 0. The van der Waals surface area contributed by atoms with Gasteiger partial charge in [-0.3, -0.25) is 9.59 Å². The van der Waals surface area contributed by atoms with E-state index in [2.05, 4.69) is 5.32 Å². The fraction of sp³-hybridized carbons (Fsp3) is 0.750. The van der Waals surface area contributed by atoms with Crippen molar-refractivity contribution >= 4 is 21.7 Å². The molecule has 0 unspecified atom stereocenters. The number of aliphatic carboxylic acids is 1. The van der Waals surface area contributed by atoms with Crippen LogP contribution in [0.3, 0.4) is 0 Å². The number of rotatable bonds is 3. The molecule has 1 aliphatic heterocycles. The summed E-state index contributed by atoms with van der Waals surface area (Å²) in [7, 11) is -2.94. The summed E-state index contributed by atoms with van der Waals surface area (Å²) in [4.78, 5) is 21.2. The number of hydrogen-bond acceptors (Lipinski definition) is 4. The minimum Gasteiger partial charge on any atom is -0.481 e. The predicted octanol–water partition coefficient (Wildman–Crippen LogP) is -0.845. The molecule has 0 aromatic heterocycles. The van der Waals surface area contributed by atoms with E-state index in [0.29, 0.717) is 12.8 Å². The second-order valence-electron chi connectivity index (χ2n) is 3.56. The van der Waals surface area contributed by atoms with Crippen LogP contribution in [0.25, 0.3) is 0 Å². The molecular weight excluding hydrogens is 222 g/mol. The van der Waals surface area contributed by atoms with E-state index in [1.54, 1.807) is 0 Å². The Labute approximate surface area is 87.6 Å². The summed E-state index contributed by atoms with van der Waals surface area (Å²) < 4.78 is 22.1. The molecule has 0 aromatic rings. The van der Waals surface area contributed by atoms with Crippen LogP contribution >= 0.6 is 0 Å². The molecule has 0 aromatic carbocycles. The molecule has 0 spiro atoms. The van der Waals surface area contributed by atoms with Gasteiger partial charge in [-0.25, -0.2) is 8.42 Å². The lowest BCUT2D eigenvalue weighted by atomic mass is 10.1.